The highest BCUT2D eigenvalue weighted by atomic mass is 16.2. The summed E-state index contributed by atoms with van der Waals surface area (Å²) >= 11 is 0. The molecule has 0 aromatic carbocycles. The number of rotatable bonds is 2. The van der Waals surface area contributed by atoms with Gasteiger partial charge in [-0.25, -0.2) is 4.98 Å². The van der Waals surface area contributed by atoms with Crippen LogP contribution in [0, 0.1) is 11.8 Å². The van der Waals surface area contributed by atoms with E-state index in [-0.39, 0.29) is 5.92 Å². The predicted octanol–water partition coefficient (Wildman–Crippen LogP) is 0.871. The molecule has 5 unspecified atom stereocenters. The molecule has 6 heteroatoms. The van der Waals surface area contributed by atoms with E-state index in [9.17, 15) is 4.79 Å². The monoisotopic (exact) mass is 315 g/mol. The largest absolute Gasteiger partial charge is 0.384 e. The van der Waals surface area contributed by atoms with E-state index in [1.54, 1.807) is 0 Å². The van der Waals surface area contributed by atoms with Crippen LogP contribution in [0.15, 0.2) is 18.3 Å². The van der Waals surface area contributed by atoms with Crippen molar-refractivity contribution in [1.29, 1.82) is 0 Å². The number of likely N-dealkylation sites (tertiary alicyclic amines) is 1. The standard InChI is InChI=1S/C17H25N5O/c1-2-22-14-7-10(11-4-6-15(18)19-8-11)3-5-12(14)16-13(17(22)23)9-20-21-16/h4,6,8,10,12-14,16,20-21H,2-3,5,7,9H2,1H3,(H2,18,19). The van der Waals surface area contributed by atoms with Crippen LogP contribution in [0.5, 0.6) is 0 Å². The lowest BCUT2D eigenvalue weighted by Crippen LogP contribution is -2.61. The van der Waals surface area contributed by atoms with Crippen LogP contribution in [0.4, 0.5) is 5.82 Å². The van der Waals surface area contributed by atoms with Gasteiger partial charge in [-0.2, -0.15) is 0 Å². The maximum Gasteiger partial charge on any atom is 0.228 e. The average Bonchev–Trinajstić information content (AvgIpc) is 3.06. The Kier molecular flexibility index (Phi) is 3.73. The maximum absolute atomic E-state index is 12.8. The Balaban J connectivity index is 1.59. The van der Waals surface area contributed by atoms with Crippen molar-refractivity contribution in [3.05, 3.63) is 23.9 Å². The minimum absolute atomic E-state index is 0.103. The summed E-state index contributed by atoms with van der Waals surface area (Å²) in [5, 5.41) is 0. The van der Waals surface area contributed by atoms with E-state index >= 15 is 0 Å². The maximum atomic E-state index is 12.8. The Bertz CT molecular complexity index is 589. The van der Waals surface area contributed by atoms with Crippen molar-refractivity contribution in [2.45, 2.75) is 44.2 Å². The van der Waals surface area contributed by atoms with Crippen LogP contribution in [0.3, 0.4) is 0 Å². The number of hydrogen-bond acceptors (Lipinski definition) is 5. The van der Waals surface area contributed by atoms with Crippen molar-refractivity contribution in [3.8, 4) is 0 Å². The number of piperidine rings is 1. The van der Waals surface area contributed by atoms with E-state index < -0.39 is 0 Å². The molecule has 0 radical (unpaired) electrons. The number of fused-ring (bicyclic) bond motifs is 3. The summed E-state index contributed by atoms with van der Waals surface area (Å²) in [6.07, 6.45) is 5.24. The number of aromatic nitrogens is 1. The molecular formula is C17H25N5O. The number of hydrogen-bond donors (Lipinski definition) is 3. The number of nitrogens with two attached hydrogens (primary N) is 1. The first-order valence-electron chi connectivity index (χ1n) is 8.69. The van der Waals surface area contributed by atoms with Gasteiger partial charge in [0.25, 0.3) is 0 Å². The molecular weight excluding hydrogens is 290 g/mol. The Hall–Kier alpha value is -1.66. The number of anilines is 1. The third-order valence-corrected chi connectivity index (χ3v) is 5.98. The van der Waals surface area contributed by atoms with Crippen LogP contribution in [0.25, 0.3) is 0 Å². The molecule has 1 aromatic rings. The quantitative estimate of drug-likeness (QED) is 0.754. The zero-order valence-corrected chi connectivity index (χ0v) is 13.5. The molecule has 2 saturated heterocycles. The minimum Gasteiger partial charge on any atom is -0.384 e. The molecule has 3 heterocycles. The molecule has 3 fully saturated rings. The fraction of sp³-hybridized carbons (Fsp3) is 0.647. The van der Waals surface area contributed by atoms with E-state index in [1.807, 2.05) is 12.3 Å². The van der Waals surface area contributed by atoms with Gasteiger partial charge in [-0.3, -0.25) is 15.6 Å². The van der Waals surface area contributed by atoms with Crippen LogP contribution in [0.1, 0.15) is 37.7 Å². The van der Waals surface area contributed by atoms with Crippen molar-refractivity contribution >= 4 is 11.7 Å². The lowest BCUT2D eigenvalue weighted by atomic mass is 9.67. The molecule has 2 aliphatic heterocycles. The third-order valence-electron chi connectivity index (χ3n) is 5.98. The second kappa shape index (κ2) is 5.76. The lowest BCUT2D eigenvalue weighted by Gasteiger charge is -2.50. The molecule has 5 atom stereocenters. The third kappa shape index (κ3) is 2.40. The molecule has 6 nitrogen and oxygen atoms in total. The van der Waals surface area contributed by atoms with Gasteiger partial charge < -0.3 is 10.6 Å². The van der Waals surface area contributed by atoms with Crippen molar-refractivity contribution in [2.24, 2.45) is 11.8 Å². The molecule has 0 bridgehead atoms. The normalized spacial score (nSPS) is 36.7. The molecule has 124 valence electrons. The number of nitrogens with zero attached hydrogens (tertiary/aromatic N) is 2. The van der Waals surface area contributed by atoms with Gasteiger partial charge in [0.15, 0.2) is 0 Å². The highest BCUT2D eigenvalue weighted by Crippen LogP contribution is 2.44. The van der Waals surface area contributed by atoms with Crippen LogP contribution >= 0.6 is 0 Å². The van der Waals surface area contributed by atoms with Gasteiger partial charge in [-0.1, -0.05) is 6.07 Å². The Morgan fingerprint density at radius 3 is 3.00 bits per heavy atom. The second-order valence-corrected chi connectivity index (χ2v) is 7.04. The summed E-state index contributed by atoms with van der Waals surface area (Å²) in [7, 11) is 0. The highest BCUT2D eigenvalue weighted by molar-refractivity contribution is 5.81. The van der Waals surface area contributed by atoms with Gasteiger partial charge in [-0.05, 0) is 49.7 Å². The molecule has 1 amide bonds. The minimum atomic E-state index is 0.103. The first-order valence-corrected chi connectivity index (χ1v) is 8.69. The van der Waals surface area contributed by atoms with Crippen molar-refractivity contribution < 1.29 is 4.79 Å². The first-order chi connectivity index (χ1) is 11.2. The molecule has 1 saturated carbocycles. The van der Waals surface area contributed by atoms with E-state index in [2.05, 4.69) is 33.7 Å². The summed E-state index contributed by atoms with van der Waals surface area (Å²) < 4.78 is 0. The number of nitrogen functional groups attached to an aromatic ring is 1. The Morgan fingerprint density at radius 1 is 1.39 bits per heavy atom. The molecule has 1 aromatic heterocycles. The zero-order valence-electron chi connectivity index (χ0n) is 13.5. The number of carbonyl (C=O) groups is 1. The summed E-state index contributed by atoms with van der Waals surface area (Å²) in [5.74, 6) is 2.00. The fourth-order valence-corrected chi connectivity index (χ4v) is 4.84. The van der Waals surface area contributed by atoms with Gasteiger partial charge in [0.2, 0.25) is 5.91 Å². The van der Waals surface area contributed by atoms with Gasteiger partial charge in [0.1, 0.15) is 5.82 Å². The van der Waals surface area contributed by atoms with Crippen LogP contribution in [0.2, 0.25) is 0 Å². The molecule has 3 aliphatic rings. The van der Waals surface area contributed by atoms with E-state index in [0.29, 0.717) is 35.6 Å². The summed E-state index contributed by atoms with van der Waals surface area (Å²) in [6.45, 7) is 3.66. The average molecular weight is 315 g/mol. The SMILES string of the molecule is CCN1C(=O)C2CNNC2C2CCC(c3ccc(N)nc3)CC21. The number of carbonyl (C=O) groups excluding carboxylic acids is 1. The number of amides is 1. The molecule has 23 heavy (non-hydrogen) atoms. The Morgan fingerprint density at radius 2 is 2.26 bits per heavy atom. The van der Waals surface area contributed by atoms with Gasteiger partial charge in [0, 0.05) is 31.4 Å². The summed E-state index contributed by atoms with van der Waals surface area (Å²) in [4.78, 5) is 19.2. The van der Waals surface area contributed by atoms with E-state index in [1.165, 1.54) is 5.56 Å². The molecule has 0 spiro atoms. The zero-order chi connectivity index (χ0) is 16.0. The van der Waals surface area contributed by atoms with E-state index in [4.69, 9.17) is 5.73 Å². The van der Waals surface area contributed by atoms with Crippen LogP contribution < -0.4 is 16.6 Å². The van der Waals surface area contributed by atoms with Gasteiger partial charge in [0.05, 0.1) is 5.92 Å². The number of pyridine rings is 1. The predicted molar refractivity (Wildman–Crippen MR) is 88.3 cm³/mol. The van der Waals surface area contributed by atoms with Gasteiger partial charge >= 0.3 is 0 Å². The van der Waals surface area contributed by atoms with Crippen LogP contribution in [-0.4, -0.2) is 41.0 Å². The van der Waals surface area contributed by atoms with Crippen molar-refractivity contribution in [1.82, 2.24) is 20.7 Å². The topological polar surface area (TPSA) is 83.3 Å². The number of nitrogens with one attached hydrogen (secondary N) is 2. The van der Waals surface area contributed by atoms with E-state index in [0.717, 1.165) is 32.4 Å². The lowest BCUT2D eigenvalue weighted by molar-refractivity contribution is -0.146. The van der Waals surface area contributed by atoms with Gasteiger partial charge in [-0.15, -0.1) is 0 Å². The molecule has 4 rings (SSSR count). The highest BCUT2D eigenvalue weighted by Gasteiger charge is 2.51. The van der Waals surface area contributed by atoms with Crippen molar-refractivity contribution in [3.63, 3.8) is 0 Å². The van der Waals surface area contributed by atoms with Crippen LogP contribution in [-0.2, 0) is 4.79 Å². The molecule has 4 N–H and O–H groups in total. The first kappa shape index (κ1) is 14.9. The summed E-state index contributed by atoms with van der Waals surface area (Å²) in [5.41, 5.74) is 13.5. The van der Waals surface area contributed by atoms with Crippen molar-refractivity contribution in [2.75, 3.05) is 18.8 Å². The Labute approximate surface area is 136 Å². The summed E-state index contributed by atoms with van der Waals surface area (Å²) in [6, 6.07) is 4.59. The number of hydrazine groups is 1. The second-order valence-electron chi connectivity index (χ2n) is 7.04. The molecule has 1 aliphatic carbocycles. The fourth-order valence-electron chi connectivity index (χ4n) is 4.84. The smallest absolute Gasteiger partial charge is 0.228 e.